The second kappa shape index (κ2) is 6.57. The first kappa shape index (κ1) is 16.4. The van der Waals surface area contributed by atoms with Crippen molar-refractivity contribution >= 4 is 27.5 Å². The summed E-state index contributed by atoms with van der Waals surface area (Å²) in [6.45, 7) is 1.40. The predicted molar refractivity (Wildman–Crippen MR) is 96.0 cm³/mol. The molecule has 0 aliphatic heterocycles. The van der Waals surface area contributed by atoms with Crippen molar-refractivity contribution in [2.75, 3.05) is 5.32 Å². The van der Waals surface area contributed by atoms with Gasteiger partial charge in [-0.25, -0.2) is 4.39 Å². The normalized spacial score (nSPS) is 10.7. The van der Waals surface area contributed by atoms with Gasteiger partial charge in [0.25, 0.3) is 0 Å². The highest BCUT2D eigenvalue weighted by Gasteiger charge is 2.14. The average Bonchev–Trinajstić information content (AvgIpc) is 2.85. The highest BCUT2D eigenvalue weighted by Crippen LogP contribution is 2.34. The summed E-state index contributed by atoms with van der Waals surface area (Å²) in [5.41, 5.74) is 3.11. The third kappa shape index (κ3) is 3.23. The van der Waals surface area contributed by atoms with E-state index in [4.69, 9.17) is 0 Å². The maximum atomic E-state index is 14.4. The van der Waals surface area contributed by atoms with Crippen LogP contribution in [0.3, 0.4) is 0 Å². The quantitative estimate of drug-likeness (QED) is 0.712. The Morgan fingerprint density at radius 2 is 1.92 bits per heavy atom. The summed E-state index contributed by atoms with van der Waals surface area (Å²) < 4.78 is 17.0. The molecule has 1 heterocycles. The molecule has 24 heavy (non-hydrogen) atoms. The lowest BCUT2D eigenvalue weighted by Crippen LogP contribution is -2.07. The molecule has 0 spiro atoms. The lowest BCUT2D eigenvalue weighted by molar-refractivity contribution is -0.114. The van der Waals surface area contributed by atoms with Crippen LogP contribution in [0, 0.1) is 5.82 Å². The smallest absolute Gasteiger partial charge is 0.221 e. The van der Waals surface area contributed by atoms with Gasteiger partial charge in [0.2, 0.25) is 5.91 Å². The molecule has 0 saturated heterocycles. The van der Waals surface area contributed by atoms with Crippen molar-refractivity contribution in [3.63, 3.8) is 0 Å². The number of rotatable bonds is 3. The van der Waals surface area contributed by atoms with Gasteiger partial charge in [0.15, 0.2) is 0 Å². The molecular formula is C18H15BrFN3O. The van der Waals surface area contributed by atoms with Gasteiger partial charge in [0.1, 0.15) is 11.5 Å². The van der Waals surface area contributed by atoms with E-state index >= 15 is 0 Å². The minimum Gasteiger partial charge on any atom is -0.326 e. The van der Waals surface area contributed by atoms with Gasteiger partial charge in [-0.15, -0.1) is 0 Å². The van der Waals surface area contributed by atoms with Crippen molar-refractivity contribution < 1.29 is 9.18 Å². The Labute approximate surface area is 147 Å². The van der Waals surface area contributed by atoms with E-state index in [1.54, 1.807) is 16.8 Å². The number of aryl methyl sites for hydroxylation is 1. The van der Waals surface area contributed by atoms with Crippen LogP contribution < -0.4 is 5.32 Å². The van der Waals surface area contributed by atoms with Gasteiger partial charge >= 0.3 is 0 Å². The molecule has 0 aliphatic rings. The molecule has 0 atom stereocenters. The molecule has 0 saturated carbocycles. The Balaban J connectivity index is 2.13. The number of nitrogens with zero attached hydrogens (tertiary/aromatic N) is 2. The van der Waals surface area contributed by atoms with Crippen LogP contribution in [0.15, 0.2) is 53.1 Å². The zero-order valence-corrected chi connectivity index (χ0v) is 14.8. The van der Waals surface area contributed by atoms with Crippen LogP contribution >= 0.6 is 15.9 Å². The molecule has 6 heteroatoms. The number of anilines is 1. The van der Waals surface area contributed by atoms with Crippen LogP contribution in [0.1, 0.15) is 6.92 Å². The first-order valence-electron chi connectivity index (χ1n) is 7.32. The van der Waals surface area contributed by atoms with Crippen molar-refractivity contribution in [2.45, 2.75) is 6.92 Å². The zero-order valence-electron chi connectivity index (χ0n) is 13.2. The van der Waals surface area contributed by atoms with Crippen LogP contribution in [-0.4, -0.2) is 15.7 Å². The number of benzene rings is 2. The minimum atomic E-state index is -0.390. The highest BCUT2D eigenvalue weighted by atomic mass is 79.9. The number of hydrogen-bond acceptors (Lipinski definition) is 2. The molecule has 2 aromatic carbocycles. The van der Waals surface area contributed by atoms with E-state index in [1.165, 1.54) is 13.0 Å². The molecule has 0 radical (unpaired) electrons. The van der Waals surface area contributed by atoms with Gasteiger partial charge in [0.05, 0.1) is 10.2 Å². The van der Waals surface area contributed by atoms with E-state index in [0.29, 0.717) is 16.8 Å². The van der Waals surface area contributed by atoms with E-state index in [9.17, 15) is 9.18 Å². The summed E-state index contributed by atoms with van der Waals surface area (Å²) >= 11 is 3.48. The number of carbonyl (C=O) groups is 1. The van der Waals surface area contributed by atoms with Crippen LogP contribution in [-0.2, 0) is 11.8 Å². The van der Waals surface area contributed by atoms with Crippen molar-refractivity contribution in [1.82, 2.24) is 9.78 Å². The molecule has 0 bridgehead atoms. The Bertz CT molecular complexity index is 920. The number of hydrogen-bond donors (Lipinski definition) is 1. The Kier molecular flexibility index (Phi) is 4.49. The average molecular weight is 388 g/mol. The molecule has 4 nitrogen and oxygen atoms in total. The Morgan fingerprint density at radius 1 is 1.21 bits per heavy atom. The van der Waals surface area contributed by atoms with E-state index in [1.807, 2.05) is 37.5 Å². The van der Waals surface area contributed by atoms with Gasteiger partial charge in [0, 0.05) is 31.3 Å². The van der Waals surface area contributed by atoms with E-state index in [0.717, 1.165) is 15.7 Å². The first-order chi connectivity index (χ1) is 11.5. The van der Waals surface area contributed by atoms with Gasteiger partial charge in [-0.05, 0) is 39.7 Å². The summed E-state index contributed by atoms with van der Waals surface area (Å²) in [7, 11) is 1.84. The molecule has 122 valence electrons. The van der Waals surface area contributed by atoms with Crippen LogP contribution in [0.4, 0.5) is 10.1 Å². The van der Waals surface area contributed by atoms with Crippen molar-refractivity contribution in [3.05, 3.63) is 59.0 Å². The number of nitrogens with one attached hydrogen (secondary N) is 1. The number of carbonyl (C=O) groups excluding carboxylic acids is 1. The van der Waals surface area contributed by atoms with Gasteiger partial charge < -0.3 is 5.32 Å². The highest BCUT2D eigenvalue weighted by molar-refractivity contribution is 9.10. The SMILES string of the molecule is CC(=O)Nc1cccc(F)c1-c1cccc(-c2nn(C)cc2Br)c1. The molecule has 1 N–H and O–H groups in total. The largest absolute Gasteiger partial charge is 0.326 e. The lowest BCUT2D eigenvalue weighted by Gasteiger charge is -2.12. The van der Waals surface area contributed by atoms with Gasteiger partial charge in [-0.1, -0.05) is 24.3 Å². The second-order valence-electron chi connectivity index (χ2n) is 5.42. The molecule has 1 amide bonds. The van der Waals surface area contributed by atoms with Crippen molar-refractivity contribution in [1.29, 1.82) is 0 Å². The fourth-order valence-electron chi connectivity index (χ4n) is 2.59. The third-order valence-corrected chi connectivity index (χ3v) is 4.11. The maximum Gasteiger partial charge on any atom is 0.221 e. The number of halogens is 2. The lowest BCUT2D eigenvalue weighted by atomic mass is 9.99. The summed E-state index contributed by atoms with van der Waals surface area (Å²) in [6.07, 6.45) is 1.86. The van der Waals surface area contributed by atoms with Gasteiger partial charge in [-0.3, -0.25) is 9.48 Å². The zero-order chi connectivity index (χ0) is 17.3. The molecule has 3 aromatic rings. The van der Waals surface area contributed by atoms with E-state index in [2.05, 4.69) is 26.3 Å². The second-order valence-corrected chi connectivity index (χ2v) is 6.28. The molecule has 0 unspecified atom stereocenters. The molecule has 3 rings (SSSR count). The summed E-state index contributed by atoms with van der Waals surface area (Å²) in [4.78, 5) is 11.4. The summed E-state index contributed by atoms with van der Waals surface area (Å²) in [5.74, 6) is -0.635. The van der Waals surface area contributed by atoms with E-state index in [-0.39, 0.29) is 5.91 Å². The van der Waals surface area contributed by atoms with E-state index < -0.39 is 5.82 Å². The fourth-order valence-corrected chi connectivity index (χ4v) is 3.19. The predicted octanol–water partition coefficient (Wildman–Crippen LogP) is 4.61. The Morgan fingerprint density at radius 3 is 2.58 bits per heavy atom. The summed E-state index contributed by atoms with van der Waals surface area (Å²) in [5, 5.41) is 7.09. The molecule has 0 fully saturated rings. The molecule has 0 aliphatic carbocycles. The molecule has 1 aromatic heterocycles. The van der Waals surface area contributed by atoms with Crippen LogP contribution in [0.2, 0.25) is 0 Å². The summed E-state index contributed by atoms with van der Waals surface area (Å²) in [6, 6.07) is 12.1. The number of amides is 1. The standard InChI is InChI=1S/C18H15BrFN3O/c1-11(24)21-16-8-4-7-15(20)17(16)12-5-3-6-13(9-12)18-14(19)10-23(2)22-18/h3-10H,1-2H3,(H,21,24). The van der Waals surface area contributed by atoms with Crippen LogP contribution in [0.5, 0.6) is 0 Å². The third-order valence-electron chi connectivity index (χ3n) is 3.53. The van der Waals surface area contributed by atoms with Crippen molar-refractivity contribution in [2.24, 2.45) is 7.05 Å². The van der Waals surface area contributed by atoms with Crippen LogP contribution in [0.25, 0.3) is 22.4 Å². The topological polar surface area (TPSA) is 46.9 Å². The maximum absolute atomic E-state index is 14.4. The van der Waals surface area contributed by atoms with Crippen molar-refractivity contribution in [3.8, 4) is 22.4 Å². The van der Waals surface area contributed by atoms with Gasteiger partial charge in [-0.2, -0.15) is 5.10 Å². The monoisotopic (exact) mass is 387 g/mol. The number of aromatic nitrogens is 2. The first-order valence-corrected chi connectivity index (χ1v) is 8.11. The Hall–Kier alpha value is -2.47. The fraction of sp³-hybridized carbons (Fsp3) is 0.111. The minimum absolute atomic E-state index is 0.245. The molecular weight excluding hydrogens is 373 g/mol.